The number of pyridine rings is 2. The second-order valence-electron chi connectivity index (χ2n) is 2.53. The summed E-state index contributed by atoms with van der Waals surface area (Å²) in [6, 6.07) is 1.76. The highest BCUT2D eigenvalue weighted by Crippen LogP contribution is 2.19. The largest absolute Gasteiger partial charge is 0.316 e. The lowest BCUT2D eigenvalue weighted by Gasteiger charge is -1.98. The molecular formula is C8H4BrClN2O. The summed E-state index contributed by atoms with van der Waals surface area (Å²) in [4.78, 5) is 17.9. The third kappa shape index (κ3) is 1.47. The van der Waals surface area contributed by atoms with Crippen LogP contribution in [-0.4, -0.2) is 9.97 Å². The minimum absolute atomic E-state index is 0.211. The Labute approximate surface area is 86.9 Å². The summed E-state index contributed by atoms with van der Waals surface area (Å²) in [6.07, 6.45) is 3.05. The molecule has 2 aromatic heterocycles. The van der Waals surface area contributed by atoms with Crippen molar-refractivity contribution in [2.24, 2.45) is 0 Å². The lowest BCUT2D eigenvalue weighted by molar-refractivity contribution is 1.22. The van der Waals surface area contributed by atoms with Gasteiger partial charge < -0.3 is 4.98 Å². The van der Waals surface area contributed by atoms with Gasteiger partial charge in [-0.1, -0.05) is 11.6 Å². The first-order valence-electron chi connectivity index (χ1n) is 3.50. The highest BCUT2D eigenvalue weighted by atomic mass is 79.9. The van der Waals surface area contributed by atoms with E-state index in [-0.39, 0.29) is 5.56 Å². The van der Waals surface area contributed by atoms with Crippen LogP contribution in [0.1, 0.15) is 0 Å². The van der Waals surface area contributed by atoms with Crippen LogP contribution in [0.15, 0.2) is 27.9 Å². The topological polar surface area (TPSA) is 45.8 Å². The molecule has 0 aliphatic carbocycles. The molecule has 1 N–H and O–H groups in total. The standard InChI is InChI=1S/C8H4BrClN2O/c9-6-1-4-2-11-3-5(10)7(4)8(13)12-6/h1-3H,(H,12,13). The second-order valence-corrected chi connectivity index (χ2v) is 3.79. The minimum atomic E-state index is -0.211. The number of hydrogen-bond donors (Lipinski definition) is 1. The number of aromatic amines is 1. The molecule has 0 spiro atoms. The summed E-state index contributed by atoms with van der Waals surface area (Å²) in [5.41, 5.74) is -0.211. The Bertz CT molecular complexity index is 523. The van der Waals surface area contributed by atoms with Crippen molar-refractivity contribution < 1.29 is 0 Å². The first kappa shape index (κ1) is 8.72. The zero-order chi connectivity index (χ0) is 9.42. The molecule has 5 heteroatoms. The van der Waals surface area contributed by atoms with Crippen molar-refractivity contribution in [2.75, 3.05) is 0 Å². The normalized spacial score (nSPS) is 10.6. The van der Waals surface area contributed by atoms with Crippen LogP contribution in [0.2, 0.25) is 5.02 Å². The van der Waals surface area contributed by atoms with Crippen molar-refractivity contribution in [3.05, 3.63) is 38.4 Å². The van der Waals surface area contributed by atoms with Crippen molar-refractivity contribution >= 4 is 38.3 Å². The molecule has 0 unspecified atom stereocenters. The molecule has 0 radical (unpaired) electrons. The zero-order valence-electron chi connectivity index (χ0n) is 6.34. The molecule has 0 saturated carbocycles. The third-order valence-electron chi connectivity index (χ3n) is 1.67. The number of aromatic nitrogens is 2. The Kier molecular flexibility index (Phi) is 2.09. The van der Waals surface area contributed by atoms with Crippen LogP contribution in [0, 0.1) is 0 Å². The van der Waals surface area contributed by atoms with E-state index >= 15 is 0 Å². The SMILES string of the molecule is O=c1[nH]c(Br)cc2cncc(Cl)c12. The summed E-state index contributed by atoms with van der Waals surface area (Å²) >= 11 is 9.00. The minimum Gasteiger partial charge on any atom is -0.316 e. The van der Waals surface area contributed by atoms with Gasteiger partial charge in [-0.25, -0.2) is 0 Å². The molecule has 0 amide bonds. The van der Waals surface area contributed by atoms with Gasteiger partial charge in [0.15, 0.2) is 0 Å². The summed E-state index contributed by atoms with van der Waals surface area (Å²) in [6.45, 7) is 0. The maximum absolute atomic E-state index is 11.4. The Morgan fingerprint density at radius 1 is 1.46 bits per heavy atom. The van der Waals surface area contributed by atoms with Gasteiger partial charge in [0.25, 0.3) is 5.56 Å². The number of nitrogens with one attached hydrogen (secondary N) is 1. The van der Waals surface area contributed by atoms with Gasteiger partial charge in [-0.15, -0.1) is 0 Å². The Balaban J connectivity index is 3.03. The fraction of sp³-hybridized carbons (Fsp3) is 0. The molecule has 2 heterocycles. The first-order valence-corrected chi connectivity index (χ1v) is 4.67. The first-order chi connectivity index (χ1) is 6.18. The zero-order valence-corrected chi connectivity index (χ0v) is 8.69. The molecule has 66 valence electrons. The van der Waals surface area contributed by atoms with Crippen molar-refractivity contribution in [1.29, 1.82) is 0 Å². The van der Waals surface area contributed by atoms with Gasteiger partial charge >= 0.3 is 0 Å². The Morgan fingerprint density at radius 2 is 2.23 bits per heavy atom. The number of halogens is 2. The number of H-pyrrole nitrogens is 1. The van der Waals surface area contributed by atoms with E-state index in [2.05, 4.69) is 25.9 Å². The van der Waals surface area contributed by atoms with Gasteiger partial charge in [0, 0.05) is 17.8 Å². The number of fused-ring (bicyclic) bond motifs is 1. The molecule has 0 fully saturated rings. The molecule has 3 nitrogen and oxygen atoms in total. The van der Waals surface area contributed by atoms with Crippen molar-refractivity contribution in [2.45, 2.75) is 0 Å². The summed E-state index contributed by atoms with van der Waals surface area (Å²) in [5.74, 6) is 0. The van der Waals surface area contributed by atoms with Crippen molar-refractivity contribution in [3.8, 4) is 0 Å². The van der Waals surface area contributed by atoms with Crippen LogP contribution >= 0.6 is 27.5 Å². The lowest BCUT2D eigenvalue weighted by atomic mass is 10.2. The van der Waals surface area contributed by atoms with Gasteiger partial charge in [0.05, 0.1) is 15.0 Å². The van der Waals surface area contributed by atoms with Gasteiger partial charge in [-0.2, -0.15) is 0 Å². The average molecular weight is 259 g/mol. The molecular weight excluding hydrogens is 255 g/mol. The summed E-state index contributed by atoms with van der Waals surface area (Å²) < 4.78 is 0.620. The van der Waals surface area contributed by atoms with E-state index in [9.17, 15) is 4.79 Å². The Morgan fingerprint density at radius 3 is 3.00 bits per heavy atom. The predicted octanol–water partition coefficient (Wildman–Crippen LogP) is 2.34. The molecule has 0 bridgehead atoms. The van der Waals surface area contributed by atoms with E-state index in [0.29, 0.717) is 15.0 Å². The van der Waals surface area contributed by atoms with E-state index in [1.807, 2.05) is 0 Å². The lowest BCUT2D eigenvalue weighted by Crippen LogP contribution is -2.06. The summed E-state index contributed by atoms with van der Waals surface area (Å²) in [7, 11) is 0. The summed E-state index contributed by atoms with van der Waals surface area (Å²) in [5, 5.41) is 1.56. The van der Waals surface area contributed by atoms with E-state index in [1.165, 1.54) is 6.20 Å². The van der Waals surface area contributed by atoms with Crippen molar-refractivity contribution in [1.82, 2.24) is 9.97 Å². The van der Waals surface area contributed by atoms with Crippen LogP contribution in [-0.2, 0) is 0 Å². The molecule has 2 rings (SSSR count). The highest BCUT2D eigenvalue weighted by molar-refractivity contribution is 9.10. The number of nitrogens with zero attached hydrogens (tertiary/aromatic N) is 1. The molecule has 0 aromatic carbocycles. The molecule has 0 aliphatic rings. The maximum Gasteiger partial charge on any atom is 0.258 e. The quantitative estimate of drug-likeness (QED) is 0.738. The van der Waals surface area contributed by atoms with Crippen LogP contribution in [0.25, 0.3) is 10.8 Å². The Hall–Kier alpha value is -0.870. The fourth-order valence-electron chi connectivity index (χ4n) is 1.14. The van der Waals surface area contributed by atoms with Gasteiger partial charge in [-0.05, 0) is 22.0 Å². The fourth-order valence-corrected chi connectivity index (χ4v) is 1.82. The maximum atomic E-state index is 11.4. The number of rotatable bonds is 0. The van der Waals surface area contributed by atoms with Crippen molar-refractivity contribution in [3.63, 3.8) is 0 Å². The highest BCUT2D eigenvalue weighted by Gasteiger charge is 2.04. The molecule has 2 aromatic rings. The van der Waals surface area contributed by atoms with E-state index in [0.717, 1.165) is 5.39 Å². The van der Waals surface area contributed by atoms with Gasteiger partial charge in [-0.3, -0.25) is 9.78 Å². The molecule has 0 saturated heterocycles. The molecule has 0 aliphatic heterocycles. The van der Waals surface area contributed by atoms with Crippen LogP contribution in [0.4, 0.5) is 0 Å². The van der Waals surface area contributed by atoms with Crippen LogP contribution < -0.4 is 5.56 Å². The van der Waals surface area contributed by atoms with Gasteiger partial charge in [0.1, 0.15) is 0 Å². The van der Waals surface area contributed by atoms with Gasteiger partial charge in [0.2, 0.25) is 0 Å². The van der Waals surface area contributed by atoms with Crippen LogP contribution in [0.3, 0.4) is 0 Å². The monoisotopic (exact) mass is 258 g/mol. The average Bonchev–Trinajstić information content (AvgIpc) is 2.02. The predicted molar refractivity (Wildman–Crippen MR) is 55.1 cm³/mol. The van der Waals surface area contributed by atoms with Crippen LogP contribution in [0.5, 0.6) is 0 Å². The van der Waals surface area contributed by atoms with E-state index in [4.69, 9.17) is 11.6 Å². The molecule has 13 heavy (non-hydrogen) atoms. The second kappa shape index (κ2) is 3.12. The molecule has 0 atom stereocenters. The van der Waals surface area contributed by atoms with E-state index in [1.54, 1.807) is 12.3 Å². The number of hydrogen-bond acceptors (Lipinski definition) is 2. The third-order valence-corrected chi connectivity index (χ3v) is 2.38. The smallest absolute Gasteiger partial charge is 0.258 e. The van der Waals surface area contributed by atoms with E-state index < -0.39 is 0 Å².